The molecule has 0 aromatic heterocycles. The molecule has 16 nitrogen and oxygen atoms in total. The van der Waals surface area contributed by atoms with E-state index >= 15 is 0 Å². The highest BCUT2D eigenvalue weighted by Crippen LogP contribution is 2.40. The maximum atomic E-state index is 12.8. The molecule has 1 amide bonds. The molecule has 4 rings (SSSR count). The van der Waals surface area contributed by atoms with Crippen molar-refractivity contribution in [3.05, 3.63) is 0 Å². The number of carboxylic acids is 1. The smallest absolute Gasteiger partial charge is 0.332 e. The van der Waals surface area contributed by atoms with Crippen LogP contribution in [0.1, 0.15) is 78.6 Å². The highest BCUT2D eigenvalue weighted by atomic mass is 16.7. The van der Waals surface area contributed by atoms with Gasteiger partial charge in [-0.2, -0.15) is 0 Å². The average Bonchev–Trinajstić information content (AvgIpc) is 3.08. The molecule has 0 bridgehead atoms. The molecule has 49 heavy (non-hydrogen) atoms. The van der Waals surface area contributed by atoms with Crippen molar-refractivity contribution >= 4 is 17.8 Å². The molecule has 2 heterocycles. The first-order chi connectivity index (χ1) is 23.3. The average molecular weight is 706 g/mol. The highest BCUT2D eigenvalue weighted by molar-refractivity contribution is 5.74. The molecule has 16 heteroatoms. The lowest BCUT2D eigenvalue weighted by molar-refractivity contribution is -0.338. The zero-order valence-electron chi connectivity index (χ0n) is 28.7. The van der Waals surface area contributed by atoms with Crippen LogP contribution in [0.5, 0.6) is 0 Å². The summed E-state index contributed by atoms with van der Waals surface area (Å²) in [6.07, 6.45) is -9.97. The molecule has 282 valence electrons. The molecule has 7 N–H and O–H groups in total. The van der Waals surface area contributed by atoms with Gasteiger partial charge >= 0.3 is 11.9 Å². The first kappa shape index (κ1) is 39.8. The molecule has 0 radical (unpaired) electrons. The van der Waals surface area contributed by atoms with Gasteiger partial charge in [-0.1, -0.05) is 45.4 Å². The summed E-state index contributed by atoms with van der Waals surface area (Å²) in [7, 11) is 1.26. The largest absolute Gasteiger partial charge is 0.479 e. The molecule has 4 aliphatic rings. The molecular formula is C33H55NO15. The van der Waals surface area contributed by atoms with Crippen molar-refractivity contribution in [2.45, 2.75) is 158 Å². The van der Waals surface area contributed by atoms with Gasteiger partial charge in [-0.15, -0.1) is 0 Å². The van der Waals surface area contributed by atoms with Crippen molar-refractivity contribution in [1.82, 2.24) is 5.32 Å². The Balaban J connectivity index is 1.65. The van der Waals surface area contributed by atoms with E-state index < -0.39 is 110 Å². The predicted octanol–water partition coefficient (Wildman–Crippen LogP) is -0.415. The van der Waals surface area contributed by atoms with E-state index in [-0.39, 0.29) is 24.7 Å². The van der Waals surface area contributed by atoms with Gasteiger partial charge in [0.25, 0.3) is 0 Å². The van der Waals surface area contributed by atoms with Crippen LogP contribution in [0.25, 0.3) is 0 Å². The van der Waals surface area contributed by atoms with Crippen LogP contribution < -0.4 is 5.32 Å². The molecule has 0 spiro atoms. The predicted molar refractivity (Wildman–Crippen MR) is 167 cm³/mol. The quantitative estimate of drug-likeness (QED) is 0.121. The lowest BCUT2D eigenvalue weighted by atomic mass is 9.76. The van der Waals surface area contributed by atoms with Gasteiger partial charge in [-0.05, 0) is 38.0 Å². The molecule has 2 aliphatic heterocycles. The normalized spacial score (nSPS) is 41.1. The number of hydrogen-bond acceptors (Lipinski definition) is 14. The summed E-state index contributed by atoms with van der Waals surface area (Å²) in [5, 5.41) is 65.7. The van der Waals surface area contributed by atoms with E-state index in [4.69, 9.17) is 28.4 Å². The summed E-state index contributed by atoms with van der Waals surface area (Å²) in [6.45, 7) is 3.92. The van der Waals surface area contributed by atoms with Crippen molar-refractivity contribution in [2.75, 3.05) is 13.7 Å². The van der Waals surface area contributed by atoms with Crippen molar-refractivity contribution in [2.24, 2.45) is 17.8 Å². The number of hydrogen-bond donors (Lipinski definition) is 7. The van der Waals surface area contributed by atoms with Crippen LogP contribution in [0, 0.1) is 17.8 Å². The Bertz CT molecular complexity index is 1090. The summed E-state index contributed by atoms with van der Waals surface area (Å²) in [5.41, 5.74) is 0. The fraction of sp³-hybridized carbons (Fsp3) is 0.909. The number of aliphatic hydroxyl groups is 5. The minimum absolute atomic E-state index is 0.0291. The molecule has 2 saturated heterocycles. The topological polar surface area (TPSA) is 240 Å². The van der Waals surface area contributed by atoms with Gasteiger partial charge in [0, 0.05) is 6.92 Å². The Labute approximate surface area is 286 Å². The first-order valence-electron chi connectivity index (χ1n) is 17.5. The highest BCUT2D eigenvalue weighted by Gasteiger charge is 2.53. The fourth-order valence-corrected chi connectivity index (χ4v) is 7.72. The fourth-order valence-electron chi connectivity index (χ4n) is 7.72. The number of nitrogens with one attached hydrogen (secondary N) is 1. The number of ether oxygens (including phenoxy) is 6. The zero-order chi connectivity index (χ0) is 36.0. The minimum atomic E-state index is -1.62. The molecule has 0 aromatic rings. The third-order valence-electron chi connectivity index (χ3n) is 10.5. The monoisotopic (exact) mass is 705 g/mol. The Kier molecular flexibility index (Phi) is 14.6. The third kappa shape index (κ3) is 9.67. The van der Waals surface area contributed by atoms with Crippen LogP contribution >= 0.6 is 0 Å². The van der Waals surface area contributed by atoms with E-state index in [0.717, 1.165) is 32.1 Å². The second kappa shape index (κ2) is 18.0. The number of methoxy groups -OCH3 is 1. The van der Waals surface area contributed by atoms with E-state index in [1.54, 1.807) is 0 Å². The summed E-state index contributed by atoms with van der Waals surface area (Å²) in [5.74, 6) is -3.20. The second-order valence-corrected chi connectivity index (χ2v) is 13.9. The Morgan fingerprint density at radius 1 is 0.898 bits per heavy atom. The zero-order valence-corrected chi connectivity index (χ0v) is 28.7. The van der Waals surface area contributed by atoms with Crippen molar-refractivity contribution in [3.63, 3.8) is 0 Å². The number of esters is 1. The Hall–Kier alpha value is -1.99. The number of carbonyl (C=O) groups is 3. The number of aliphatic hydroxyl groups excluding tert-OH is 5. The maximum absolute atomic E-state index is 12.8. The summed E-state index contributed by atoms with van der Waals surface area (Å²) in [6, 6.07) is -1.27. The third-order valence-corrected chi connectivity index (χ3v) is 10.5. The van der Waals surface area contributed by atoms with Gasteiger partial charge in [0.15, 0.2) is 18.7 Å². The number of carbonyl (C=O) groups excluding carboxylic acids is 2. The summed E-state index contributed by atoms with van der Waals surface area (Å²) >= 11 is 0. The molecule has 15 atom stereocenters. The molecule has 9 unspecified atom stereocenters. The van der Waals surface area contributed by atoms with Crippen LogP contribution in [0.3, 0.4) is 0 Å². The van der Waals surface area contributed by atoms with Crippen LogP contribution in [-0.2, 0) is 42.8 Å². The van der Waals surface area contributed by atoms with E-state index in [1.165, 1.54) is 21.0 Å². The molecule has 2 aliphatic carbocycles. The van der Waals surface area contributed by atoms with Crippen LogP contribution in [0.2, 0.25) is 0 Å². The number of aliphatic carboxylic acids is 1. The first-order valence-corrected chi connectivity index (χ1v) is 17.5. The number of amides is 1. The van der Waals surface area contributed by atoms with Crippen LogP contribution in [-0.4, -0.2) is 142 Å². The Morgan fingerprint density at radius 3 is 2.18 bits per heavy atom. The van der Waals surface area contributed by atoms with E-state index in [9.17, 15) is 45.0 Å². The lowest BCUT2D eigenvalue weighted by Gasteiger charge is -2.49. The van der Waals surface area contributed by atoms with Crippen LogP contribution in [0.15, 0.2) is 0 Å². The molecular weight excluding hydrogens is 650 g/mol. The van der Waals surface area contributed by atoms with Gasteiger partial charge in [-0.25, -0.2) is 4.79 Å². The number of carboxylic acid groups (broad SMARTS) is 1. The van der Waals surface area contributed by atoms with Gasteiger partial charge in [-0.3, -0.25) is 9.59 Å². The van der Waals surface area contributed by atoms with Crippen molar-refractivity contribution < 1.29 is 73.4 Å². The van der Waals surface area contributed by atoms with E-state index in [2.05, 4.69) is 5.32 Å². The van der Waals surface area contributed by atoms with Gasteiger partial charge in [0.05, 0.1) is 37.9 Å². The maximum Gasteiger partial charge on any atom is 0.332 e. The van der Waals surface area contributed by atoms with E-state index in [0.29, 0.717) is 12.8 Å². The van der Waals surface area contributed by atoms with Crippen molar-refractivity contribution in [3.8, 4) is 0 Å². The summed E-state index contributed by atoms with van der Waals surface area (Å²) < 4.78 is 35.6. The SMILES string of the molecule is CCC1CC(C(=O)OC)C[C@@H](O[C@@H]2O[C@@H](CO)C(O)C(O[C@@H](CC3CCCCC3)C(=O)O)C2NC(C)=O)C1OC1O[C@@H](C)C(O)C(O)[C@@H]1O. The lowest BCUT2D eigenvalue weighted by Crippen LogP contribution is -2.67. The molecule has 4 fully saturated rings. The summed E-state index contributed by atoms with van der Waals surface area (Å²) in [4.78, 5) is 37.8. The van der Waals surface area contributed by atoms with E-state index in [1.807, 2.05) is 6.92 Å². The minimum Gasteiger partial charge on any atom is -0.479 e. The van der Waals surface area contributed by atoms with Crippen LogP contribution in [0.4, 0.5) is 0 Å². The van der Waals surface area contributed by atoms with Gasteiger partial charge < -0.3 is 64.4 Å². The second-order valence-electron chi connectivity index (χ2n) is 13.9. The Morgan fingerprint density at radius 2 is 1.59 bits per heavy atom. The van der Waals surface area contributed by atoms with Gasteiger partial charge in [0.1, 0.15) is 42.7 Å². The molecule has 2 saturated carbocycles. The standard InChI is InChI=1S/C33H55NO15/c1-5-18-12-19(31(43)44-4)13-20(28(18)49-33-27(40)26(39)24(37)15(2)45-33)47-32-23(34-16(3)36)29(25(38)22(14-35)48-32)46-21(30(41)42)11-17-9-7-6-8-10-17/h15,17-29,32-33,35,37-40H,5-14H2,1-4H3,(H,34,36)(H,41,42)/t15-,18?,19?,20+,21-,22-,23?,24?,25?,26?,27-,28?,29?,32+,33?/m0/s1. The molecule has 0 aromatic carbocycles. The van der Waals surface area contributed by atoms with Crippen molar-refractivity contribution in [1.29, 1.82) is 0 Å². The van der Waals surface area contributed by atoms with Gasteiger partial charge in [0.2, 0.25) is 5.91 Å². The number of rotatable bonds is 13.